The molecular weight excluding hydrogens is 214 g/mol. The van der Waals surface area contributed by atoms with Gasteiger partial charge in [0.1, 0.15) is 0 Å². The van der Waals surface area contributed by atoms with E-state index in [1.165, 1.54) is 0 Å². The highest BCUT2D eigenvalue weighted by molar-refractivity contribution is 5.46. The number of nitrogen functional groups attached to an aromatic ring is 1. The standard InChI is InChI=1S/C10H16F2N4/c1-3-6(2)5-14-9-7(11)4-8(12)10(15-9)16-13/h4,6H,3,5,13H2,1-2H3,(H2,14,15,16). The predicted molar refractivity (Wildman–Crippen MR) is 59.9 cm³/mol. The molecule has 16 heavy (non-hydrogen) atoms. The first-order chi connectivity index (χ1) is 7.58. The molecule has 0 saturated carbocycles. The molecule has 1 rings (SSSR count). The van der Waals surface area contributed by atoms with Crippen LogP contribution in [0.15, 0.2) is 6.07 Å². The van der Waals surface area contributed by atoms with Gasteiger partial charge in [-0.15, -0.1) is 0 Å². The van der Waals surface area contributed by atoms with E-state index >= 15 is 0 Å². The van der Waals surface area contributed by atoms with E-state index in [9.17, 15) is 8.78 Å². The van der Waals surface area contributed by atoms with Crippen molar-refractivity contribution in [1.29, 1.82) is 0 Å². The molecule has 0 aliphatic heterocycles. The van der Waals surface area contributed by atoms with Crippen LogP contribution in [-0.4, -0.2) is 11.5 Å². The molecular formula is C10H16F2N4. The Morgan fingerprint density at radius 2 is 2.00 bits per heavy atom. The van der Waals surface area contributed by atoms with Crippen LogP contribution < -0.4 is 16.6 Å². The number of hydrogen-bond donors (Lipinski definition) is 3. The molecule has 0 fully saturated rings. The molecule has 0 saturated heterocycles. The van der Waals surface area contributed by atoms with Gasteiger partial charge in [0.05, 0.1) is 0 Å². The first-order valence-electron chi connectivity index (χ1n) is 5.15. The molecule has 0 aliphatic carbocycles. The Morgan fingerprint density at radius 3 is 2.56 bits per heavy atom. The van der Waals surface area contributed by atoms with Crippen molar-refractivity contribution in [3.05, 3.63) is 17.7 Å². The Kier molecular flexibility index (Phi) is 4.42. The molecule has 0 aromatic carbocycles. The van der Waals surface area contributed by atoms with Crippen molar-refractivity contribution in [3.8, 4) is 0 Å². The van der Waals surface area contributed by atoms with Crippen LogP contribution in [0.5, 0.6) is 0 Å². The monoisotopic (exact) mass is 230 g/mol. The zero-order valence-corrected chi connectivity index (χ0v) is 9.35. The van der Waals surface area contributed by atoms with Crippen LogP contribution in [0.25, 0.3) is 0 Å². The van der Waals surface area contributed by atoms with Gasteiger partial charge in [-0.3, -0.25) is 0 Å². The predicted octanol–water partition coefficient (Wildman–Crippen LogP) is 2.10. The van der Waals surface area contributed by atoms with Crippen molar-refractivity contribution >= 4 is 11.6 Å². The van der Waals surface area contributed by atoms with Gasteiger partial charge in [-0.25, -0.2) is 19.6 Å². The number of nitrogens with one attached hydrogen (secondary N) is 2. The maximum atomic E-state index is 13.3. The Morgan fingerprint density at radius 1 is 1.38 bits per heavy atom. The molecule has 0 spiro atoms. The van der Waals surface area contributed by atoms with Gasteiger partial charge in [0, 0.05) is 12.6 Å². The summed E-state index contributed by atoms with van der Waals surface area (Å²) >= 11 is 0. The van der Waals surface area contributed by atoms with Crippen LogP contribution >= 0.6 is 0 Å². The maximum absolute atomic E-state index is 13.3. The Balaban J connectivity index is 2.79. The fourth-order valence-electron chi connectivity index (χ4n) is 1.11. The number of hydrogen-bond acceptors (Lipinski definition) is 4. The quantitative estimate of drug-likeness (QED) is 0.535. The molecule has 90 valence electrons. The minimum Gasteiger partial charge on any atom is -0.367 e. The second-order valence-electron chi connectivity index (χ2n) is 3.69. The van der Waals surface area contributed by atoms with Gasteiger partial charge in [0.15, 0.2) is 23.3 Å². The van der Waals surface area contributed by atoms with E-state index in [0.29, 0.717) is 12.5 Å². The smallest absolute Gasteiger partial charge is 0.178 e. The molecule has 1 unspecified atom stereocenters. The van der Waals surface area contributed by atoms with Crippen LogP contribution in [0.1, 0.15) is 20.3 Å². The third-order valence-electron chi connectivity index (χ3n) is 2.38. The van der Waals surface area contributed by atoms with E-state index in [1.807, 2.05) is 13.8 Å². The molecule has 0 amide bonds. The molecule has 0 radical (unpaired) electrons. The van der Waals surface area contributed by atoms with Crippen LogP contribution in [-0.2, 0) is 0 Å². The summed E-state index contributed by atoms with van der Waals surface area (Å²) in [5, 5.41) is 2.82. The number of halogens is 2. The number of nitrogens with two attached hydrogens (primary N) is 1. The summed E-state index contributed by atoms with van der Waals surface area (Å²) in [6.45, 7) is 4.64. The van der Waals surface area contributed by atoms with Gasteiger partial charge >= 0.3 is 0 Å². The van der Waals surface area contributed by atoms with E-state index in [2.05, 4.69) is 15.7 Å². The molecule has 1 aromatic heterocycles. The number of anilines is 2. The van der Waals surface area contributed by atoms with Crippen LogP contribution in [0.3, 0.4) is 0 Å². The van der Waals surface area contributed by atoms with Gasteiger partial charge in [-0.05, 0) is 5.92 Å². The molecule has 6 heteroatoms. The summed E-state index contributed by atoms with van der Waals surface area (Å²) in [5.41, 5.74) is 2.07. The third-order valence-corrected chi connectivity index (χ3v) is 2.38. The lowest BCUT2D eigenvalue weighted by molar-refractivity contribution is 0.566. The van der Waals surface area contributed by atoms with E-state index < -0.39 is 11.6 Å². The molecule has 4 N–H and O–H groups in total. The first-order valence-corrected chi connectivity index (χ1v) is 5.15. The fourth-order valence-corrected chi connectivity index (χ4v) is 1.11. The summed E-state index contributed by atoms with van der Waals surface area (Å²) in [6.07, 6.45) is 0.970. The number of rotatable bonds is 5. The van der Waals surface area contributed by atoms with Crippen molar-refractivity contribution in [2.24, 2.45) is 11.8 Å². The molecule has 4 nitrogen and oxygen atoms in total. The fraction of sp³-hybridized carbons (Fsp3) is 0.500. The summed E-state index contributed by atoms with van der Waals surface area (Å²) in [6, 6.07) is 0.751. The zero-order valence-electron chi connectivity index (χ0n) is 9.35. The van der Waals surface area contributed by atoms with Crippen molar-refractivity contribution in [2.45, 2.75) is 20.3 Å². The summed E-state index contributed by atoms with van der Waals surface area (Å²) in [4.78, 5) is 3.70. The van der Waals surface area contributed by atoms with Crippen molar-refractivity contribution < 1.29 is 8.78 Å². The number of pyridine rings is 1. The van der Waals surface area contributed by atoms with E-state index in [-0.39, 0.29) is 11.6 Å². The molecule has 0 aliphatic rings. The average Bonchev–Trinajstić information content (AvgIpc) is 2.27. The highest BCUT2D eigenvalue weighted by Gasteiger charge is 2.11. The van der Waals surface area contributed by atoms with Crippen molar-refractivity contribution in [3.63, 3.8) is 0 Å². The number of aromatic nitrogens is 1. The second-order valence-corrected chi connectivity index (χ2v) is 3.69. The normalized spacial score (nSPS) is 12.3. The highest BCUT2D eigenvalue weighted by atomic mass is 19.1. The van der Waals surface area contributed by atoms with Crippen LogP contribution in [0, 0.1) is 17.6 Å². The topological polar surface area (TPSA) is 63.0 Å². The van der Waals surface area contributed by atoms with Crippen LogP contribution in [0.4, 0.5) is 20.4 Å². The van der Waals surface area contributed by atoms with E-state index in [1.54, 1.807) is 0 Å². The first kappa shape index (κ1) is 12.6. The summed E-state index contributed by atoms with van der Waals surface area (Å²) in [5.74, 6) is 3.74. The SMILES string of the molecule is CCC(C)CNc1nc(NN)c(F)cc1F. The lowest BCUT2D eigenvalue weighted by atomic mass is 10.1. The summed E-state index contributed by atoms with van der Waals surface area (Å²) < 4.78 is 26.3. The Hall–Kier alpha value is -1.43. The second kappa shape index (κ2) is 5.60. The molecule has 1 heterocycles. The van der Waals surface area contributed by atoms with Crippen LogP contribution in [0.2, 0.25) is 0 Å². The minimum absolute atomic E-state index is 0.00894. The summed E-state index contributed by atoms with van der Waals surface area (Å²) in [7, 11) is 0. The molecule has 0 bridgehead atoms. The number of nitrogens with zero attached hydrogens (tertiary/aromatic N) is 1. The minimum atomic E-state index is -0.811. The zero-order chi connectivity index (χ0) is 12.1. The van der Waals surface area contributed by atoms with E-state index in [0.717, 1.165) is 12.5 Å². The largest absolute Gasteiger partial charge is 0.367 e. The molecule has 1 atom stereocenters. The molecule has 1 aromatic rings. The van der Waals surface area contributed by atoms with Gasteiger partial charge in [-0.1, -0.05) is 20.3 Å². The van der Waals surface area contributed by atoms with Gasteiger partial charge in [-0.2, -0.15) is 0 Å². The van der Waals surface area contributed by atoms with E-state index in [4.69, 9.17) is 5.84 Å². The lowest BCUT2D eigenvalue weighted by Gasteiger charge is -2.12. The third kappa shape index (κ3) is 3.03. The highest BCUT2D eigenvalue weighted by Crippen LogP contribution is 2.18. The van der Waals surface area contributed by atoms with Gasteiger partial charge in [0.2, 0.25) is 0 Å². The lowest BCUT2D eigenvalue weighted by Crippen LogP contribution is -2.16. The van der Waals surface area contributed by atoms with Crippen molar-refractivity contribution in [2.75, 3.05) is 17.3 Å². The Bertz CT molecular complexity index is 357. The van der Waals surface area contributed by atoms with Crippen molar-refractivity contribution in [1.82, 2.24) is 4.98 Å². The van der Waals surface area contributed by atoms with Gasteiger partial charge < -0.3 is 10.7 Å². The van der Waals surface area contributed by atoms with Gasteiger partial charge in [0.25, 0.3) is 0 Å². The Labute approximate surface area is 93.2 Å². The average molecular weight is 230 g/mol. The maximum Gasteiger partial charge on any atom is 0.178 e. The number of hydrazine groups is 1.